The van der Waals surface area contributed by atoms with Crippen molar-refractivity contribution in [3.05, 3.63) is 41.6 Å². The number of hydrogen-bond donors (Lipinski definition) is 2. The second kappa shape index (κ2) is 6.96. The van der Waals surface area contributed by atoms with Gasteiger partial charge in [0, 0.05) is 44.5 Å². The Balaban J connectivity index is 1.56. The number of imidazole rings is 1. The van der Waals surface area contributed by atoms with Crippen LogP contribution >= 0.6 is 0 Å². The van der Waals surface area contributed by atoms with Gasteiger partial charge in [0.15, 0.2) is 0 Å². The first-order chi connectivity index (χ1) is 13.0. The van der Waals surface area contributed by atoms with Crippen LogP contribution in [-0.2, 0) is 12.0 Å². The summed E-state index contributed by atoms with van der Waals surface area (Å²) in [7, 11) is 0. The molecule has 0 atom stereocenters. The van der Waals surface area contributed by atoms with Crippen molar-refractivity contribution < 1.29 is 9.90 Å². The Morgan fingerprint density at radius 2 is 2.04 bits per heavy atom. The van der Waals surface area contributed by atoms with Crippen LogP contribution in [0, 0.1) is 5.92 Å². The van der Waals surface area contributed by atoms with Crippen LogP contribution in [0.25, 0.3) is 0 Å². The van der Waals surface area contributed by atoms with E-state index in [0.717, 1.165) is 51.3 Å². The van der Waals surface area contributed by atoms with Crippen molar-refractivity contribution in [2.75, 3.05) is 31.1 Å². The number of H-pyrrole nitrogens is 1. The Morgan fingerprint density at radius 1 is 1.26 bits per heavy atom. The van der Waals surface area contributed by atoms with E-state index in [1.54, 1.807) is 6.07 Å². The number of pyridine rings is 1. The van der Waals surface area contributed by atoms with E-state index in [9.17, 15) is 4.79 Å². The largest absolute Gasteiger partial charge is 0.478 e. The second-order valence-electron chi connectivity index (χ2n) is 8.05. The number of anilines is 1. The first-order valence-electron chi connectivity index (χ1n) is 9.72. The van der Waals surface area contributed by atoms with Gasteiger partial charge >= 0.3 is 5.97 Å². The summed E-state index contributed by atoms with van der Waals surface area (Å²) in [6.45, 7) is 8.48. The number of aromatic nitrogens is 3. The van der Waals surface area contributed by atoms with Crippen LogP contribution in [-0.4, -0.2) is 57.1 Å². The van der Waals surface area contributed by atoms with Crippen LogP contribution in [0.2, 0.25) is 0 Å². The molecule has 2 aromatic heterocycles. The van der Waals surface area contributed by atoms with Crippen LogP contribution < -0.4 is 4.90 Å². The van der Waals surface area contributed by atoms with E-state index in [2.05, 4.69) is 33.6 Å². The number of piperidine rings is 1. The third kappa shape index (κ3) is 3.20. The molecule has 144 valence electrons. The Hall–Kier alpha value is -2.41. The molecule has 27 heavy (non-hydrogen) atoms. The lowest BCUT2D eigenvalue weighted by Gasteiger charge is -2.51. The minimum absolute atomic E-state index is 0.00460. The maximum absolute atomic E-state index is 11.0. The van der Waals surface area contributed by atoms with E-state index in [4.69, 9.17) is 10.1 Å². The molecule has 0 amide bonds. The van der Waals surface area contributed by atoms with E-state index in [1.165, 1.54) is 17.6 Å². The predicted octanol–water partition coefficient (Wildman–Crippen LogP) is 2.51. The number of carbonyl (C=O) groups is 1. The molecule has 2 aliphatic heterocycles. The summed E-state index contributed by atoms with van der Waals surface area (Å²) in [4.78, 5) is 28.4. The van der Waals surface area contributed by atoms with Crippen molar-refractivity contribution in [1.82, 2.24) is 19.9 Å². The third-order valence-corrected chi connectivity index (χ3v) is 5.89. The molecule has 0 bridgehead atoms. The fourth-order valence-corrected chi connectivity index (χ4v) is 4.59. The van der Waals surface area contributed by atoms with Crippen LogP contribution in [0.1, 0.15) is 48.4 Å². The van der Waals surface area contributed by atoms with Crippen LogP contribution in [0.5, 0.6) is 0 Å². The van der Waals surface area contributed by atoms with Crippen molar-refractivity contribution in [1.29, 1.82) is 0 Å². The minimum Gasteiger partial charge on any atom is -0.478 e. The minimum atomic E-state index is -0.941. The molecule has 1 fully saturated rings. The van der Waals surface area contributed by atoms with Crippen LogP contribution in [0.4, 0.5) is 5.82 Å². The van der Waals surface area contributed by atoms with Crippen molar-refractivity contribution in [2.24, 2.45) is 5.92 Å². The number of nitrogens with one attached hydrogen (secondary N) is 1. The van der Waals surface area contributed by atoms with E-state index in [-0.39, 0.29) is 11.1 Å². The molecule has 2 N–H and O–H groups in total. The average Bonchev–Trinajstić information content (AvgIpc) is 3.15. The van der Waals surface area contributed by atoms with Crippen LogP contribution in [0.3, 0.4) is 0 Å². The van der Waals surface area contributed by atoms with Gasteiger partial charge in [-0.3, -0.25) is 4.90 Å². The highest BCUT2D eigenvalue weighted by Gasteiger charge is 2.46. The van der Waals surface area contributed by atoms with Crippen molar-refractivity contribution in [3.8, 4) is 0 Å². The zero-order valence-electron chi connectivity index (χ0n) is 16.0. The third-order valence-electron chi connectivity index (χ3n) is 5.89. The summed E-state index contributed by atoms with van der Waals surface area (Å²) in [5.74, 6) is 0.526. The molecule has 2 aliphatic rings. The van der Waals surface area contributed by atoms with E-state index < -0.39 is 5.97 Å². The molecule has 7 nitrogen and oxygen atoms in total. The highest BCUT2D eigenvalue weighted by atomic mass is 16.4. The SMILES string of the molecule is CC(C)CN1CCc2[nH]cnc2C12CCN(c1ccc(C(=O)O)cn1)CC2. The molecular weight excluding hydrogens is 342 g/mol. The van der Waals surface area contributed by atoms with Crippen LogP contribution in [0.15, 0.2) is 24.7 Å². The topological polar surface area (TPSA) is 85.4 Å². The van der Waals surface area contributed by atoms with Gasteiger partial charge < -0.3 is 15.0 Å². The average molecular weight is 369 g/mol. The molecule has 1 spiro atoms. The van der Waals surface area contributed by atoms with Crippen molar-refractivity contribution >= 4 is 11.8 Å². The zero-order valence-corrected chi connectivity index (χ0v) is 16.0. The van der Waals surface area contributed by atoms with E-state index in [1.807, 2.05) is 12.4 Å². The molecular formula is C20H27N5O2. The normalized spacial score (nSPS) is 19.4. The van der Waals surface area contributed by atoms with Gasteiger partial charge in [-0.15, -0.1) is 0 Å². The number of hydrogen-bond acceptors (Lipinski definition) is 5. The van der Waals surface area contributed by atoms with Gasteiger partial charge in [0.1, 0.15) is 5.82 Å². The molecule has 2 aromatic rings. The van der Waals surface area contributed by atoms with E-state index in [0.29, 0.717) is 5.92 Å². The summed E-state index contributed by atoms with van der Waals surface area (Å²) >= 11 is 0. The quantitative estimate of drug-likeness (QED) is 0.861. The van der Waals surface area contributed by atoms with E-state index >= 15 is 0 Å². The number of nitrogens with zero attached hydrogens (tertiary/aromatic N) is 4. The van der Waals surface area contributed by atoms with Crippen molar-refractivity contribution in [3.63, 3.8) is 0 Å². The van der Waals surface area contributed by atoms with Crippen molar-refractivity contribution in [2.45, 2.75) is 38.6 Å². The number of carboxylic acid groups (broad SMARTS) is 1. The van der Waals surface area contributed by atoms with Gasteiger partial charge in [0.25, 0.3) is 0 Å². The summed E-state index contributed by atoms with van der Waals surface area (Å²) in [6.07, 6.45) is 6.31. The zero-order chi connectivity index (χ0) is 19.0. The number of rotatable bonds is 4. The maximum Gasteiger partial charge on any atom is 0.337 e. The van der Waals surface area contributed by atoms with Gasteiger partial charge in [-0.1, -0.05) is 13.8 Å². The Labute approximate surface area is 159 Å². The summed E-state index contributed by atoms with van der Waals surface area (Å²) in [6, 6.07) is 3.45. The smallest absolute Gasteiger partial charge is 0.337 e. The summed E-state index contributed by atoms with van der Waals surface area (Å²) < 4.78 is 0. The lowest BCUT2D eigenvalue weighted by molar-refractivity contribution is 0.0341. The number of aromatic amines is 1. The standard InChI is InChI=1S/C20H27N5O2/c1-14(2)12-25-8-5-16-18(23-13-22-16)20(25)6-9-24(10-7-20)17-4-3-15(11-21-17)19(26)27/h3-4,11,13-14H,5-10,12H2,1-2H3,(H,22,23)(H,26,27). The Morgan fingerprint density at radius 3 is 2.67 bits per heavy atom. The molecule has 1 saturated heterocycles. The van der Waals surface area contributed by atoms with Gasteiger partial charge in [-0.05, 0) is 30.9 Å². The lowest BCUT2D eigenvalue weighted by Crippen LogP contribution is -2.57. The molecule has 7 heteroatoms. The number of fused-ring (bicyclic) bond motifs is 2. The van der Waals surface area contributed by atoms with Gasteiger partial charge in [0.05, 0.1) is 23.1 Å². The molecule has 0 unspecified atom stereocenters. The Kier molecular flexibility index (Phi) is 4.63. The summed E-state index contributed by atoms with van der Waals surface area (Å²) in [5.41, 5.74) is 2.73. The van der Waals surface area contributed by atoms with Gasteiger partial charge in [-0.25, -0.2) is 14.8 Å². The second-order valence-corrected chi connectivity index (χ2v) is 8.05. The molecule has 0 aromatic carbocycles. The predicted molar refractivity (Wildman–Crippen MR) is 103 cm³/mol. The first kappa shape index (κ1) is 18.0. The molecule has 4 rings (SSSR count). The summed E-state index contributed by atoms with van der Waals surface area (Å²) in [5, 5.41) is 9.06. The lowest BCUT2D eigenvalue weighted by atomic mass is 9.78. The maximum atomic E-state index is 11.0. The fraction of sp³-hybridized carbons (Fsp3) is 0.550. The monoisotopic (exact) mass is 369 g/mol. The number of carboxylic acids is 1. The fourth-order valence-electron chi connectivity index (χ4n) is 4.59. The van der Waals surface area contributed by atoms with Gasteiger partial charge in [0.2, 0.25) is 0 Å². The molecule has 0 radical (unpaired) electrons. The Bertz CT molecular complexity index is 806. The van der Waals surface area contributed by atoms with Gasteiger partial charge in [-0.2, -0.15) is 0 Å². The first-order valence-corrected chi connectivity index (χ1v) is 9.72. The molecule has 0 saturated carbocycles. The highest BCUT2D eigenvalue weighted by molar-refractivity contribution is 5.87. The molecule has 4 heterocycles. The highest BCUT2D eigenvalue weighted by Crippen LogP contribution is 2.43. The number of aromatic carboxylic acids is 1. The molecule has 0 aliphatic carbocycles.